The van der Waals surface area contributed by atoms with E-state index in [1.165, 1.54) is 0 Å². The van der Waals surface area contributed by atoms with Gasteiger partial charge in [-0.1, -0.05) is 12.1 Å². The fraction of sp³-hybridized carbons (Fsp3) is 0.357. The average Bonchev–Trinajstić information content (AvgIpc) is 2.39. The smallest absolute Gasteiger partial charge is 0.250 e. The molecule has 1 saturated carbocycles. The number of anilines is 1. The lowest BCUT2D eigenvalue weighted by atomic mass is 9.88. The van der Waals surface area contributed by atoms with Gasteiger partial charge in [0.1, 0.15) is 5.78 Å². The van der Waals surface area contributed by atoms with Crippen molar-refractivity contribution in [2.45, 2.75) is 25.7 Å². The van der Waals surface area contributed by atoms with Crippen LogP contribution in [0.3, 0.4) is 0 Å². The Morgan fingerprint density at radius 1 is 1.16 bits per heavy atom. The maximum atomic E-state index is 12.1. The highest BCUT2D eigenvalue weighted by Crippen LogP contribution is 2.24. The lowest BCUT2D eigenvalue weighted by Crippen LogP contribution is -2.28. The van der Waals surface area contributed by atoms with Crippen molar-refractivity contribution in [1.29, 1.82) is 0 Å². The zero-order chi connectivity index (χ0) is 13.8. The van der Waals surface area contributed by atoms with Crippen LogP contribution < -0.4 is 11.1 Å². The second-order valence-corrected chi connectivity index (χ2v) is 4.71. The first-order chi connectivity index (χ1) is 9.08. The van der Waals surface area contributed by atoms with E-state index in [0.717, 1.165) is 0 Å². The van der Waals surface area contributed by atoms with Gasteiger partial charge in [-0.15, -0.1) is 0 Å². The molecule has 5 nitrogen and oxygen atoms in total. The third kappa shape index (κ3) is 3.19. The van der Waals surface area contributed by atoms with Crippen LogP contribution in [0.2, 0.25) is 0 Å². The standard InChI is InChI=1S/C14H16N2O3/c15-13(18)11-3-1-2-4-12(11)16-14(19)9-5-7-10(17)8-6-9/h1-4,9H,5-8H2,(H2,15,18)(H,16,19). The number of nitrogens with two attached hydrogens (primary N) is 1. The molecule has 0 radical (unpaired) electrons. The van der Waals surface area contributed by atoms with Crippen molar-refractivity contribution in [2.24, 2.45) is 11.7 Å². The highest BCUT2D eigenvalue weighted by molar-refractivity contribution is 6.03. The number of hydrogen-bond acceptors (Lipinski definition) is 3. The lowest BCUT2D eigenvalue weighted by Gasteiger charge is -2.20. The Morgan fingerprint density at radius 2 is 1.79 bits per heavy atom. The van der Waals surface area contributed by atoms with Crippen LogP contribution in [0.25, 0.3) is 0 Å². The molecule has 3 N–H and O–H groups in total. The first kappa shape index (κ1) is 13.3. The van der Waals surface area contributed by atoms with E-state index in [-0.39, 0.29) is 17.6 Å². The number of Topliss-reactive ketones (excluding diaryl/α,β-unsaturated/α-hetero) is 1. The SMILES string of the molecule is NC(=O)c1ccccc1NC(=O)C1CCC(=O)CC1. The van der Waals surface area contributed by atoms with E-state index >= 15 is 0 Å². The molecule has 19 heavy (non-hydrogen) atoms. The predicted octanol–water partition coefficient (Wildman–Crippen LogP) is 1.48. The summed E-state index contributed by atoms with van der Waals surface area (Å²) < 4.78 is 0. The number of carbonyl (C=O) groups excluding carboxylic acids is 3. The number of ketones is 1. The van der Waals surface area contributed by atoms with Crippen LogP contribution in [0.15, 0.2) is 24.3 Å². The zero-order valence-electron chi connectivity index (χ0n) is 10.5. The van der Waals surface area contributed by atoms with Crippen molar-refractivity contribution in [3.63, 3.8) is 0 Å². The van der Waals surface area contributed by atoms with Gasteiger partial charge in [-0.05, 0) is 25.0 Å². The van der Waals surface area contributed by atoms with Crippen molar-refractivity contribution in [2.75, 3.05) is 5.32 Å². The maximum Gasteiger partial charge on any atom is 0.250 e. The Balaban J connectivity index is 2.07. The molecule has 1 aromatic rings. The number of nitrogens with one attached hydrogen (secondary N) is 1. The summed E-state index contributed by atoms with van der Waals surface area (Å²) in [6, 6.07) is 6.63. The van der Waals surface area contributed by atoms with Gasteiger partial charge in [-0.3, -0.25) is 14.4 Å². The fourth-order valence-electron chi connectivity index (χ4n) is 2.24. The number of primary amides is 1. The van der Waals surface area contributed by atoms with Crippen LogP contribution in [0.4, 0.5) is 5.69 Å². The second kappa shape index (κ2) is 5.65. The molecule has 0 aromatic heterocycles. The van der Waals surface area contributed by atoms with Crippen LogP contribution in [-0.2, 0) is 9.59 Å². The van der Waals surface area contributed by atoms with Crippen LogP contribution in [0.5, 0.6) is 0 Å². The Morgan fingerprint density at radius 3 is 2.42 bits per heavy atom. The molecule has 0 saturated heterocycles. The minimum atomic E-state index is -0.574. The van der Waals surface area contributed by atoms with Crippen LogP contribution >= 0.6 is 0 Å². The van der Waals surface area contributed by atoms with Gasteiger partial charge in [0.05, 0.1) is 11.3 Å². The summed E-state index contributed by atoms with van der Waals surface area (Å²) in [5.74, 6) is -0.684. The van der Waals surface area contributed by atoms with Gasteiger partial charge < -0.3 is 11.1 Å². The molecule has 0 bridgehead atoms. The van der Waals surface area contributed by atoms with E-state index in [1.807, 2.05) is 0 Å². The summed E-state index contributed by atoms with van der Waals surface area (Å²) in [5.41, 5.74) is 5.97. The second-order valence-electron chi connectivity index (χ2n) is 4.71. The van der Waals surface area contributed by atoms with Crippen LogP contribution in [0, 0.1) is 5.92 Å². The third-order valence-corrected chi connectivity index (χ3v) is 3.36. The van der Waals surface area contributed by atoms with E-state index in [2.05, 4.69) is 5.32 Å². The summed E-state index contributed by atoms with van der Waals surface area (Å²) in [7, 11) is 0. The Kier molecular flexibility index (Phi) is 3.94. The summed E-state index contributed by atoms with van der Waals surface area (Å²) in [6.07, 6.45) is 2.05. The molecule has 0 aliphatic heterocycles. The van der Waals surface area contributed by atoms with Crippen molar-refractivity contribution in [3.05, 3.63) is 29.8 Å². The zero-order valence-corrected chi connectivity index (χ0v) is 10.5. The number of carbonyl (C=O) groups is 3. The average molecular weight is 260 g/mol. The molecule has 1 aliphatic carbocycles. The fourth-order valence-corrected chi connectivity index (χ4v) is 2.24. The normalized spacial score (nSPS) is 16.1. The molecular weight excluding hydrogens is 244 g/mol. The van der Waals surface area contributed by atoms with Gasteiger partial charge in [-0.2, -0.15) is 0 Å². The maximum absolute atomic E-state index is 12.1. The van der Waals surface area contributed by atoms with E-state index in [9.17, 15) is 14.4 Å². The van der Waals surface area contributed by atoms with Crippen molar-refractivity contribution in [1.82, 2.24) is 0 Å². The Bertz CT molecular complexity index is 515. The predicted molar refractivity (Wildman–Crippen MR) is 70.6 cm³/mol. The molecule has 1 aliphatic rings. The van der Waals surface area contributed by atoms with Gasteiger partial charge in [-0.25, -0.2) is 0 Å². The molecule has 0 unspecified atom stereocenters. The molecular formula is C14H16N2O3. The third-order valence-electron chi connectivity index (χ3n) is 3.36. The van der Waals surface area contributed by atoms with Gasteiger partial charge in [0, 0.05) is 18.8 Å². The quantitative estimate of drug-likeness (QED) is 0.862. The number of para-hydroxylation sites is 1. The number of rotatable bonds is 3. The molecule has 1 fully saturated rings. The number of hydrogen-bond donors (Lipinski definition) is 2. The van der Waals surface area contributed by atoms with E-state index in [1.54, 1.807) is 24.3 Å². The van der Waals surface area contributed by atoms with Crippen LogP contribution in [-0.4, -0.2) is 17.6 Å². The first-order valence-corrected chi connectivity index (χ1v) is 6.29. The largest absolute Gasteiger partial charge is 0.366 e. The highest BCUT2D eigenvalue weighted by Gasteiger charge is 2.25. The summed E-state index contributed by atoms with van der Waals surface area (Å²) in [6.45, 7) is 0. The van der Waals surface area contributed by atoms with E-state index in [4.69, 9.17) is 5.73 Å². The number of benzene rings is 1. The van der Waals surface area contributed by atoms with Gasteiger partial charge >= 0.3 is 0 Å². The monoisotopic (exact) mass is 260 g/mol. The van der Waals surface area contributed by atoms with Crippen LogP contribution in [0.1, 0.15) is 36.0 Å². The summed E-state index contributed by atoms with van der Waals surface area (Å²) in [5, 5.41) is 2.73. The lowest BCUT2D eigenvalue weighted by molar-refractivity contribution is -0.125. The van der Waals surface area contributed by atoms with Crippen molar-refractivity contribution in [3.8, 4) is 0 Å². The van der Waals surface area contributed by atoms with E-state index in [0.29, 0.717) is 36.9 Å². The molecule has 0 atom stereocenters. The van der Waals surface area contributed by atoms with Gasteiger partial charge in [0.15, 0.2) is 0 Å². The van der Waals surface area contributed by atoms with E-state index < -0.39 is 5.91 Å². The molecule has 5 heteroatoms. The van der Waals surface area contributed by atoms with Gasteiger partial charge in [0.2, 0.25) is 5.91 Å². The number of amides is 2. The molecule has 0 heterocycles. The molecule has 2 amide bonds. The summed E-state index contributed by atoms with van der Waals surface area (Å²) in [4.78, 5) is 34.5. The minimum Gasteiger partial charge on any atom is -0.366 e. The molecule has 1 aromatic carbocycles. The molecule has 100 valence electrons. The minimum absolute atomic E-state index is 0.152. The van der Waals surface area contributed by atoms with Crippen molar-refractivity contribution >= 4 is 23.3 Å². The van der Waals surface area contributed by atoms with Gasteiger partial charge in [0.25, 0.3) is 5.91 Å². The summed E-state index contributed by atoms with van der Waals surface area (Å²) >= 11 is 0. The molecule has 2 rings (SSSR count). The van der Waals surface area contributed by atoms with Crippen molar-refractivity contribution < 1.29 is 14.4 Å². The Hall–Kier alpha value is -2.17. The molecule has 0 spiro atoms. The topological polar surface area (TPSA) is 89.3 Å². The highest BCUT2D eigenvalue weighted by atomic mass is 16.2. The first-order valence-electron chi connectivity index (χ1n) is 6.29. The Labute approximate surface area is 111 Å².